The first-order valence-corrected chi connectivity index (χ1v) is 13.1. The van der Waals surface area contributed by atoms with Gasteiger partial charge in [-0.25, -0.2) is 4.68 Å². The lowest BCUT2D eigenvalue weighted by atomic mass is 10.0. The minimum absolute atomic E-state index is 0.0169. The normalized spacial score (nSPS) is 19.4. The highest BCUT2D eigenvalue weighted by Crippen LogP contribution is 2.36. The molecule has 37 heavy (non-hydrogen) atoms. The van der Waals surface area contributed by atoms with Crippen LogP contribution < -0.4 is 9.47 Å². The van der Waals surface area contributed by atoms with Gasteiger partial charge >= 0.3 is 0 Å². The molecule has 0 fully saturated rings. The van der Waals surface area contributed by atoms with E-state index in [0.717, 1.165) is 64.4 Å². The van der Waals surface area contributed by atoms with E-state index in [1.807, 2.05) is 33.2 Å². The molecule has 3 aromatic heterocycles. The van der Waals surface area contributed by atoms with Crippen molar-refractivity contribution in [1.29, 1.82) is 0 Å². The van der Waals surface area contributed by atoms with E-state index in [4.69, 9.17) is 14.6 Å². The van der Waals surface area contributed by atoms with Crippen LogP contribution >= 0.6 is 0 Å². The Labute approximate surface area is 218 Å². The fraction of sp³-hybridized carbons (Fsp3) is 0.464. The number of aromatic amines is 1. The number of hydrogen-bond acceptors (Lipinski definition) is 6. The maximum atomic E-state index is 6.51. The predicted octanol–water partition coefficient (Wildman–Crippen LogP) is 5.30. The second-order valence-electron chi connectivity index (χ2n) is 10.2. The molecule has 2 unspecified atom stereocenters. The smallest absolute Gasteiger partial charge is 0.240 e. The zero-order valence-corrected chi connectivity index (χ0v) is 22.8. The van der Waals surface area contributed by atoms with Crippen LogP contribution in [0.1, 0.15) is 64.0 Å². The molecule has 0 aliphatic carbocycles. The molecule has 0 saturated heterocycles. The van der Waals surface area contributed by atoms with Crippen LogP contribution in [0, 0.1) is 0 Å². The van der Waals surface area contributed by atoms with E-state index in [1.54, 1.807) is 4.68 Å². The maximum Gasteiger partial charge on any atom is 0.240 e. The van der Waals surface area contributed by atoms with Crippen LogP contribution in [-0.2, 0) is 13.6 Å². The largest absolute Gasteiger partial charge is 0.473 e. The standard InChI is InChI=1S/C28H37N7O2/c1-8-13-35-26-19(5)33(6)16-18(4)37-28-23(15-29-34(28)7)20-9-11-24-22(14-20)25(31-30-24)12-10-21(26)27(32-35)36-17(2)3/h9-12,14-15,17-19H,8,13,16H2,1-7H3,(H,30,31)/b12-10+. The molecule has 0 radical (unpaired) electrons. The summed E-state index contributed by atoms with van der Waals surface area (Å²) in [5, 5.41) is 18.2. The van der Waals surface area contributed by atoms with Gasteiger partial charge in [0.1, 0.15) is 6.10 Å². The van der Waals surface area contributed by atoms with Crippen molar-refractivity contribution in [3.8, 4) is 22.9 Å². The molecule has 1 N–H and O–H groups in total. The van der Waals surface area contributed by atoms with Crippen molar-refractivity contribution in [2.45, 2.75) is 65.8 Å². The Hall–Kier alpha value is -3.59. The summed E-state index contributed by atoms with van der Waals surface area (Å²) in [5.41, 5.74) is 5.96. The summed E-state index contributed by atoms with van der Waals surface area (Å²) in [5.74, 6) is 1.42. The van der Waals surface area contributed by atoms with Gasteiger partial charge in [-0.05, 0) is 71.0 Å². The maximum absolute atomic E-state index is 6.51. The number of H-pyrrole nitrogens is 1. The molecule has 9 heteroatoms. The zero-order chi connectivity index (χ0) is 26.3. The van der Waals surface area contributed by atoms with Crippen molar-refractivity contribution in [2.24, 2.45) is 7.05 Å². The monoisotopic (exact) mass is 503 g/mol. The van der Waals surface area contributed by atoms with Crippen molar-refractivity contribution >= 4 is 23.1 Å². The molecule has 4 heterocycles. The minimum Gasteiger partial charge on any atom is -0.473 e. The number of rotatable bonds is 4. The number of aryl methyl sites for hydroxylation is 2. The van der Waals surface area contributed by atoms with E-state index >= 15 is 0 Å². The summed E-state index contributed by atoms with van der Waals surface area (Å²) >= 11 is 0. The van der Waals surface area contributed by atoms with Gasteiger partial charge in [-0.2, -0.15) is 10.2 Å². The quantitative estimate of drug-likeness (QED) is 0.407. The second-order valence-corrected chi connectivity index (χ2v) is 10.2. The van der Waals surface area contributed by atoms with Crippen LogP contribution in [0.2, 0.25) is 0 Å². The van der Waals surface area contributed by atoms with Gasteiger partial charge in [0.15, 0.2) is 0 Å². The molecule has 9 nitrogen and oxygen atoms in total. The molecule has 1 aliphatic rings. The second kappa shape index (κ2) is 10.0. The van der Waals surface area contributed by atoms with Gasteiger partial charge in [-0.15, -0.1) is 5.10 Å². The third kappa shape index (κ3) is 4.75. The number of aromatic nitrogens is 6. The number of nitrogens with one attached hydrogen (secondary N) is 1. The number of benzene rings is 1. The number of fused-ring (bicyclic) bond motifs is 4. The predicted molar refractivity (Wildman–Crippen MR) is 147 cm³/mol. The van der Waals surface area contributed by atoms with Gasteiger partial charge < -0.3 is 9.47 Å². The van der Waals surface area contributed by atoms with E-state index < -0.39 is 0 Å². The molecule has 0 spiro atoms. The van der Waals surface area contributed by atoms with Gasteiger partial charge in [0.25, 0.3) is 0 Å². The highest BCUT2D eigenvalue weighted by molar-refractivity contribution is 5.93. The van der Waals surface area contributed by atoms with E-state index in [2.05, 4.69) is 77.0 Å². The summed E-state index contributed by atoms with van der Waals surface area (Å²) in [6.07, 6.45) is 7.00. The van der Waals surface area contributed by atoms with Gasteiger partial charge in [-0.3, -0.25) is 14.7 Å². The van der Waals surface area contributed by atoms with Crippen molar-refractivity contribution in [2.75, 3.05) is 13.6 Å². The van der Waals surface area contributed by atoms with E-state index in [0.29, 0.717) is 5.88 Å². The molecule has 0 saturated carbocycles. The van der Waals surface area contributed by atoms with Crippen LogP contribution in [0.25, 0.3) is 34.2 Å². The topological polar surface area (TPSA) is 86.0 Å². The molecule has 0 amide bonds. The minimum atomic E-state index is -0.0622. The fourth-order valence-electron chi connectivity index (χ4n) is 5.01. The third-order valence-corrected chi connectivity index (χ3v) is 6.89. The summed E-state index contributed by atoms with van der Waals surface area (Å²) < 4.78 is 16.6. The van der Waals surface area contributed by atoms with E-state index in [1.165, 1.54) is 0 Å². The Morgan fingerprint density at radius 3 is 2.76 bits per heavy atom. The molecule has 1 aliphatic heterocycles. The summed E-state index contributed by atoms with van der Waals surface area (Å²) in [7, 11) is 4.05. The zero-order valence-electron chi connectivity index (χ0n) is 22.8. The Morgan fingerprint density at radius 2 is 2.00 bits per heavy atom. The number of nitrogens with zero attached hydrogens (tertiary/aromatic N) is 6. The van der Waals surface area contributed by atoms with E-state index in [-0.39, 0.29) is 18.2 Å². The molecular formula is C28H37N7O2. The van der Waals surface area contributed by atoms with Crippen LogP contribution in [-0.4, -0.2) is 60.5 Å². The molecule has 1 aromatic carbocycles. The summed E-state index contributed by atoms with van der Waals surface area (Å²) in [4.78, 5) is 2.31. The molecule has 5 rings (SSSR count). The average molecular weight is 504 g/mol. The Bertz CT molecular complexity index is 1430. The Kier molecular flexibility index (Phi) is 6.81. The highest BCUT2D eigenvalue weighted by atomic mass is 16.5. The first-order chi connectivity index (χ1) is 17.8. The highest BCUT2D eigenvalue weighted by Gasteiger charge is 2.27. The molecule has 2 atom stereocenters. The number of hydrogen-bond donors (Lipinski definition) is 1. The van der Waals surface area contributed by atoms with Crippen LogP contribution in [0.5, 0.6) is 11.8 Å². The molecular weight excluding hydrogens is 466 g/mol. The van der Waals surface area contributed by atoms with Crippen LogP contribution in [0.3, 0.4) is 0 Å². The summed E-state index contributed by atoms with van der Waals surface area (Å²) in [6.45, 7) is 12.1. The SMILES string of the molecule is CCCn1nc(OC(C)C)c2c1C(C)N(C)CC(C)Oc1c(cnn1C)-c1ccc3n[nH]c(c3c1)/C=C/2. The molecule has 2 bridgehead atoms. The van der Waals surface area contributed by atoms with Crippen molar-refractivity contribution < 1.29 is 9.47 Å². The number of likely N-dealkylation sites (N-methyl/N-ethyl adjacent to an activating group) is 1. The average Bonchev–Trinajstić information content (AvgIpc) is 3.52. The lowest BCUT2D eigenvalue weighted by molar-refractivity contribution is 0.128. The first-order valence-electron chi connectivity index (χ1n) is 13.1. The fourth-order valence-corrected chi connectivity index (χ4v) is 5.01. The first kappa shape index (κ1) is 25.1. The van der Waals surface area contributed by atoms with Gasteiger partial charge in [-0.1, -0.05) is 13.0 Å². The van der Waals surface area contributed by atoms with Crippen LogP contribution in [0.4, 0.5) is 0 Å². The van der Waals surface area contributed by atoms with E-state index in [9.17, 15) is 0 Å². The third-order valence-electron chi connectivity index (χ3n) is 6.89. The van der Waals surface area contributed by atoms with Gasteiger partial charge in [0.05, 0.1) is 40.3 Å². The van der Waals surface area contributed by atoms with Crippen molar-refractivity contribution in [3.63, 3.8) is 0 Å². The van der Waals surface area contributed by atoms with Crippen molar-refractivity contribution in [1.82, 2.24) is 34.7 Å². The lowest BCUT2D eigenvalue weighted by Gasteiger charge is -2.29. The Morgan fingerprint density at radius 1 is 1.19 bits per heavy atom. The van der Waals surface area contributed by atoms with Gasteiger partial charge in [0, 0.05) is 31.6 Å². The number of ether oxygens (including phenoxy) is 2. The molecule has 196 valence electrons. The van der Waals surface area contributed by atoms with Crippen LogP contribution in [0.15, 0.2) is 24.4 Å². The molecule has 4 aromatic rings. The lowest BCUT2D eigenvalue weighted by Crippen LogP contribution is -2.34. The Balaban J connectivity index is 1.72. The summed E-state index contributed by atoms with van der Waals surface area (Å²) in [6, 6.07) is 6.33. The van der Waals surface area contributed by atoms with Crippen molar-refractivity contribution in [3.05, 3.63) is 41.3 Å². The van der Waals surface area contributed by atoms with Gasteiger partial charge in [0.2, 0.25) is 11.8 Å².